The van der Waals surface area contributed by atoms with Crippen LogP contribution in [0.25, 0.3) is 10.2 Å². The van der Waals surface area contributed by atoms with Crippen LogP contribution in [0, 0.1) is 0 Å². The summed E-state index contributed by atoms with van der Waals surface area (Å²) in [6.07, 6.45) is 8.53. The number of amides is 1. The van der Waals surface area contributed by atoms with Crippen molar-refractivity contribution in [1.82, 2.24) is 15.0 Å². The van der Waals surface area contributed by atoms with E-state index in [4.69, 9.17) is 4.42 Å². The van der Waals surface area contributed by atoms with Crippen LogP contribution >= 0.6 is 11.3 Å². The van der Waals surface area contributed by atoms with Crippen molar-refractivity contribution in [2.45, 2.75) is 32.2 Å². The van der Waals surface area contributed by atoms with Gasteiger partial charge in [-0.25, -0.2) is 10.4 Å². The fraction of sp³-hybridized carbons (Fsp3) is 0.294. The SMILES string of the molecule is O=C(Cn1cnc2sc3c(c2c1=O)CCCC3)N/N=C/c1ccco1. The summed E-state index contributed by atoms with van der Waals surface area (Å²) in [7, 11) is 0. The predicted molar refractivity (Wildman–Crippen MR) is 95.0 cm³/mol. The van der Waals surface area contributed by atoms with Crippen molar-refractivity contribution in [3.05, 3.63) is 51.3 Å². The van der Waals surface area contributed by atoms with Crippen molar-refractivity contribution in [2.75, 3.05) is 0 Å². The second kappa shape index (κ2) is 6.64. The zero-order valence-corrected chi connectivity index (χ0v) is 14.2. The minimum absolute atomic E-state index is 0.123. The Balaban J connectivity index is 1.54. The third-order valence-electron chi connectivity index (χ3n) is 4.18. The average molecular weight is 356 g/mol. The van der Waals surface area contributed by atoms with Gasteiger partial charge in [0.15, 0.2) is 0 Å². The smallest absolute Gasteiger partial charge is 0.262 e. The van der Waals surface area contributed by atoms with Crippen LogP contribution in [-0.4, -0.2) is 21.7 Å². The molecule has 3 aromatic heterocycles. The molecular weight excluding hydrogens is 340 g/mol. The van der Waals surface area contributed by atoms with E-state index < -0.39 is 5.91 Å². The number of carbonyl (C=O) groups is 1. The topological polar surface area (TPSA) is 89.5 Å². The zero-order chi connectivity index (χ0) is 17.2. The van der Waals surface area contributed by atoms with Crippen molar-refractivity contribution < 1.29 is 9.21 Å². The fourth-order valence-corrected chi connectivity index (χ4v) is 4.24. The minimum Gasteiger partial charge on any atom is -0.463 e. The number of nitrogens with one attached hydrogen (secondary N) is 1. The second-order valence-corrected chi connectivity index (χ2v) is 6.96. The molecule has 1 aliphatic rings. The van der Waals surface area contributed by atoms with Gasteiger partial charge in [0.05, 0.1) is 24.2 Å². The summed E-state index contributed by atoms with van der Waals surface area (Å²) in [5.41, 5.74) is 3.35. The maximum Gasteiger partial charge on any atom is 0.262 e. The fourth-order valence-electron chi connectivity index (χ4n) is 3.02. The minimum atomic E-state index is -0.393. The third kappa shape index (κ3) is 3.12. The van der Waals surface area contributed by atoms with Crippen LogP contribution in [-0.2, 0) is 24.2 Å². The lowest BCUT2D eigenvalue weighted by molar-refractivity contribution is -0.121. The Morgan fingerprint density at radius 3 is 3.16 bits per heavy atom. The zero-order valence-electron chi connectivity index (χ0n) is 13.4. The molecule has 7 nitrogen and oxygen atoms in total. The summed E-state index contributed by atoms with van der Waals surface area (Å²) >= 11 is 1.59. The molecule has 0 atom stereocenters. The molecule has 0 radical (unpaired) electrons. The Kier molecular flexibility index (Phi) is 4.19. The first-order valence-corrected chi connectivity index (χ1v) is 8.89. The average Bonchev–Trinajstić information content (AvgIpc) is 3.24. The maximum absolute atomic E-state index is 12.8. The molecule has 0 aromatic carbocycles. The number of fused-ring (bicyclic) bond motifs is 3. The van der Waals surface area contributed by atoms with E-state index in [1.807, 2.05) is 0 Å². The summed E-state index contributed by atoms with van der Waals surface area (Å²) < 4.78 is 6.42. The highest BCUT2D eigenvalue weighted by molar-refractivity contribution is 7.18. The number of hydrogen-bond acceptors (Lipinski definition) is 6. The van der Waals surface area contributed by atoms with Crippen LogP contribution in [0.2, 0.25) is 0 Å². The van der Waals surface area contributed by atoms with Gasteiger partial charge in [0, 0.05) is 4.88 Å². The van der Waals surface area contributed by atoms with Gasteiger partial charge in [0.25, 0.3) is 11.5 Å². The Hall–Kier alpha value is -2.74. The number of hydrogen-bond donors (Lipinski definition) is 1. The van der Waals surface area contributed by atoms with E-state index in [1.165, 1.54) is 28.2 Å². The molecule has 0 saturated carbocycles. The molecule has 0 spiro atoms. The molecule has 4 rings (SSSR count). The van der Waals surface area contributed by atoms with E-state index in [0.29, 0.717) is 11.1 Å². The standard InChI is InChI=1S/C17H16N4O3S/c22-14(20-19-8-11-4-3-7-24-11)9-21-10-18-16-15(17(21)23)12-5-1-2-6-13(12)25-16/h3-4,7-8,10H,1-2,5-6,9H2,(H,20,22)/b19-8+. The summed E-state index contributed by atoms with van der Waals surface area (Å²) in [5.74, 6) is 0.139. The number of nitrogens with zero attached hydrogens (tertiary/aromatic N) is 3. The summed E-state index contributed by atoms with van der Waals surface area (Å²) in [6.45, 7) is -0.123. The van der Waals surface area contributed by atoms with Crippen molar-refractivity contribution in [3.63, 3.8) is 0 Å². The van der Waals surface area contributed by atoms with Crippen molar-refractivity contribution in [2.24, 2.45) is 5.10 Å². The molecule has 8 heteroatoms. The van der Waals surface area contributed by atoms with Gasteiger partial charge < -0.3 is 4.42 Å². The van der Waals surface area contributed by atoms with Crippen molar-refractivity contribution >= 4 is 33.7 Å². The number of furan rings is 1. The molecule has 3 heterocycles. The largest absolute Gasteiger partial charge is 0.463 e. The van der Waals surface area contributed by atoms with Crippen LogP contribution in [0.5, 0.6) is 0 Å². The molecule has 0 saturated heterocycles. The van der Waals surface area contributed by atoms with E-state index in [9.17, 15) is 9.59 Å². The first-order valence-electron chi connectivity index (χ1n) is 8.07. The first-order chi connectivity index (χ1) is 12.2. The van der Waals surface area contributed by atoms with Crippen LogP contribution in [0.3, 0.4) is 0 Å². The number of aryl methyl sites for hydroxylation is 2. The van der Waals surface area contributed by atoms with Gasteiger partial charge in [0.1, 0.15) is 17.1 Å². The highest BCUT2D eigenvalue weighted by Crippen LogP contribution is 2.33. The first kappa shape index (κ1) is 15.8. The Morgan fingerprint density at radius 1 is 1.44 bits per heavy atom. The van der Waals surface area contributed by atoms with Crippen LogP contribution < -0.4 is 11.0 Å². The van der Waals surface area contributed by atoms with Crippen LogP contribution in [0.1, 0.15) is 29.0 Å². The molecule has 1 N–H and O–H groups in total. The predicted octanol–water partition coefficient (Wildman–Crippen LogP) is 2.08. The van der Waals surface area contributed by atoms with Gasteiger partial charge in [0.2, 0.25) is 0 Å². The number of thiophene rings is 1. The van der Waals surface area contributed by atoms with Crippen molar-refractivity contribution in [3.8, 4) is 0 Å². The normalized spacial score (nSPS) is 14.1. The molecule has 25 heavy (non-hydrogen) atoms. The van der Waals surface area contributed by atoms with E-state index in [1.54, 1.807) is 23.5 Å². The van der Waals surface area contributed by atoms with Gasteiger partial charge in [-0.1, -0.05) is 0 Å². The number of carbonyl (C=O) groups excluding carboxylic acids is 1. The maximum atomic E-state index is 12.8. The van der Waals surface area contributed by atoms with E-state index >= 15 is 0 Å². The van der Waals surface area contributed by atoms with Crippen LogP contribution in [0.15, 0.2) is 39.0 Å². The number of rotatable bonds is 4. The highest BCUT2D eigenvalue weighted by atomic mass is 32.1. The van der Waals surface area contributed by atoms with Gasteiger partial charge in [-0.15, -0.1) is 11.3 Å². The molecular formula is C17H16N4O3S. The number of hydrazone groups is 1. The quantitative estimate of drug-likeness (QED) is 0.572. The van der Waals surface area contributed by atoms with Crippen LogP contribution in [0.4, 0.5) is 0 Å². The Morgan fingerprint density at radius 2 is 2.32 bits per heavy atom. The molecule has 0 bridgehead atoms. The molecule has 1 aliphatic carbocycles. The number of aromatic nitrogens is 2. The Bertz CT molecular complexity index is 1000. The van der Waals surface area contributed by atoms with Gasteiger partial charge in [-0.2, -0.15) is 5.10 Å². The highest BCUT2D eigenvalue weighted by Gasteiger charge is 2.20. The molecule has 0 aliphatic heterocycles. The van der Waals surface area contributed by atoms with E-state index in [2.05, 4.69) is 15.5 Å². The molecule has 0 unspecified atom stereocenters. The van der Waals surface area contributed by atoms with Crippen molar-refractivity contribution in [1.29, 1.82) is 0 Å². The lowest BCUT2D eigenvalue weighted by atomic mass is 9.97. The lowest BCUT2D eigenvalue weighted by Crippen LogP contribution is -2.30. The molecule has 3 aromatic rings. The Labute approximate surface area is 147 Å². The summed E-state index contributed by atoms with van der Waals surface area (Å²) in [5, 5.41) is 4.49. The summed E-state index contributed by atoms with van der Waals surface area (Å²) in [4.78, 5) is 31.2. The molecule has 0 fully saturated rings. The second-order valence-electron chi connectivity index (χ2n) is 5.88. The monoisotopic (exact) mass is 356 g/mol. The molecule has 1 amide bonds. The van der Waals surface area contributed by atoms with Gasteiger partial charge in [-0.3, -0.25) is 14.2 Å². The van der Waals surface area contributed by atoms with Gasteiger partial charge >= 0.3 is 0 Å². The summed E-state index contributed by atoms with van der Waals surface area (Å²) in [6, 6.07) is 3.45. The third-order valence-corrected chi connectivity index (χ3v) is 5.38. The molecule has 128 valence electrons. The van der Waals surface area contributed by atoms with E-state index in [-0.39, 0.29) is 12.1 Å². The van der Waals surface area contributed by atoms with Gasteiger partial charge in [-0.05, 0) is 43.4 Å². The lowest BCUT2D eigenvalue weighted by Gasteiger charge is -2.10. The van der Waals surface area contributed by atoms with E-state index in [0.717, 1.165) is 36.1 Å².